The molecule has 0 bridgehead atoms. The molecule has 0 aromatic heterocycles. The van der Waals surface area contributed by atoms with Gasteiger partial charge in [-0.3, -0.25) is 4.79 Å². The van der Waals surface area contributed by atoms with Crippen LogP contribution in [0.4, 0.5) is 0 Å². The first-order valence-corrected chi connectivity index (χ1v) is 7.74. The fraction of sp³-hybridized carbons (Fsp3) is 0.533. The summed E-state index contributed by atoms with van der Waals surface area (Å²) in [5, 5.41) is 7.15. The van der Waals surface area contributed by atoms with Crippen molar-refractivity contribution in [2.75, 3.05) is 20.1 Å². The molecule has 110 valence electrons. The van der Waals surface area contributed by atoms with Crippen molar-refractivity contribution in [3.05, 3.63) is 33.8 Å². The minimum atomic E-state index is -0.409. The Balaban J connectivity index is 2.08. The highest BCUT2D eigenvalue weighted by Gasteiger charge is 2.45. The summed E-state index contributed by atoms with van der Waals surface area (Å²) in [4.78, 5) is 12.5. The molecule has 2 N–H and O–H groups in total. The maximum Gasteiger partial charge on any atom is 0.230 e. The van der Waals surface area contributed by atoms with Gasteiger partial charge < -0.3 is 10.6 Å². The van der Waals surface area contributed by atoms with Gasteiger partial charge in [0, 0.05) is 6.54 Å². The van der Waals surface area contributed by atoms with E-state index < -0.39 is 5.41 Å². The summed E-state index contributed by atoms with van der Waals surface area (Å²) >= 11 is 12.0. The Kier molecular flexibility index (Phi) is 5.30. The molecule has 0 atom stereocenters. The van der Waals surface area contributed by atoms with Crippen molar-refractivity contribution in [2.24, 2.45) is 0 Å². The number of carbonyl (C=O) groups excluding carboxylic acids is 1. The fourth-order valence-electron chi connectivity index (χ4n) is 2.61. The van der Waals surface area contributed by atoms with Crippen LogP contribution in [-0.2, 0) is 10.2 Å². The molecule has 3 nitrogen and oxygen atoms in total. The normalized spacial score (nSPS) is 16.6. The Bertz CT molecular complexity index is 487. The van der Waals surface area contributed by atoms with E-state index in [-0.39, 0.29) is 5.91 Å². The average Bonchev–Trinajstić information content (AvgIpc) is 2.37. The molecule has 1 amide bonds. The second-order valence-corrected chi connectivity index (χ2v) is 6.09. The molecular weight excluding hydrogens is 295 g/mol. The number of rotatable bonds is 6. The van der Waals surface area contributed by atoms with Crippen LogP contribution in [0.2, 0.25) is 10.0 Å². The first-order valence-electron chi connectivity index (χ1n) is 6.98. The van der Waals surface area contributed by atoms with Gasteiger partial charge in [0.05, 0.1) is 15.5 Å². The fourth-order valence-corrected chi connectivity index (χ4v) is 2.91. The zero-order chi connectivity index (χ0) is 14.6. The van der Waals surface area contributed by atoms with Gasteiger partial charge in [0.2, 0.25) is 5.91 Å². The molecule has 1 aromatic carbocycles. The minimum absolute atomic E-state index is 0.109. The second-order valence-electron chi connectivity index (χ2n) is 5.28. The highest BCUT2D eigenvalue weighted by Crippen LogP contribution is 2.45. The zero-order valence-electron chi connectivity index (χ0n) is 11.6. The first kappa shape index (κ1) is 15.6. The number of hydrogen-bond donors (Lipinski definition) is 2. The molecule has 2 rings (SSSR count). The quantitative estimate of drug-likeness (QED) is 0.792. The van der Waals surface area contributed by atoms with Gasteiger partial charge in [0.25, 0.3) is 0 Å². The summed E-state index contributed by atoms with van der Waals surface area (Å²) in [6.45, 7) is 1.60. The van der Waals surface area contributed by atoms with Crippen LogP contribution < -0.4 is 10.6 Å². The van der Waals surface area contributed by atoms with E-state index in [2.05, 4.69) is 10.6 Å². The van der Waals surface area contributed by atoms with Crippen molar-refractivity contribution in [3.63, 3.8) is 0 Å². The van der Waals surface area contributed by atoms with Crippen LogP contribution in [0, 0.1) is 0 Å². The smallest absolute Gasteiger partial charge is 0.230 e. The van der Waals surface area contributed by atoms with E-state index in [0.717, 1.165) is 37.8 Å². The van der Waals surface area contributed by atoms with Crippen LogP contribution in [0.3, 0.4) is 0 Å². The van der Waals surface area contributed by atoms with Gasteiger partial charge in [-0.05, 0) is 50.6 Å². The lowest BCUT2D eigenvalue weighted by atomic mass is 9.64. The highest BCUT2D eigenvalue weighted by molar-refractivity contribution is 6.42. The topological polar surface area (TPSA) is 41.1 Å². The maximum absolute atomic E-state index is 12.5. The molecule has 20 heavy (non-hydrogen) atoms. The lowest BCUT2D eigenvalue weighted by Crippen LogP contribution is -2.49. The number of hydrogen-bond acceptors (Lipinski definition) is 2. The zero-order valence-corrected chi connectivity index (χ0v) is 13.2. The molecule has 0 radical (unpaired) electrons. The van der Waals surface area contributed by atoms with Crippen molar-refractivity contribution in [3.8, 4) is 0 Å². The van der Waals surface area contributed by atoms with Crippen LogP contribution in [0.5, 0.6) is 0 Å². The highest BCUT2D eigenvalue weighted by atomic mass is 35.5. The summed E-state index contributed by atoms with van der Waals surface area (Å²) in [5.41, 5.74) is 0.567. The van der Waals surface area contributed by atoms with Gasteiger partial charge >= 0.3 is 0 Å². The summed E-state index contributed by atoms with van der Waals surface area (Å²) < 4.78 is 0. The van der Waals surface area contributed by atoms with Crippen LogP contribution >= 0.6 is 23.2 Å². The molecular formula is C15H20Cl2N2O. The van der Waals surface area contributed by atoms with E-state index >= 15 is 0 Å². The first-order chi connectivity index (χ1) is 9.60. The molecule has 1 fully saturated rings. The van der Waals surface area contributed by atoms with E-state index in [9.17, 15) is 4.79 Å². The molecule has 0 heterocycles. The number of nitrogens with one attached hydrogen (secondary N) is 2. The largest absolute Gasteiger partial charge is 0.355 e. The maximum atomic E-state index is 12.5. The Labute approximate surface area is 130 Å². The van der Waals surface area contributed by atoms with Crippen molar-refractivity contribution >= 4 is 29.1 Å². The lowest BCUT2D eigenvalue weighted by Gasteiger charge is -2.41. The molecule has 1 aliphatic rings. The van der Waals surface area contributed by atoms with Gasteiger partial charge in [-0.2, -0.15) is 0 Å². The number of amides is 1. The van der Waals surface area contributed by atoms with Crippen LogP contribution in [0.1, 0.15) is 31.2 Å². The summed E-state index contributed by atoms with van der Waals surface area (Å²) in [6.07, 6.45) is 3.76. The van der Waals surface area contributed by atoms with Crippen molar-refractivity contribution < 1.29 is 4.79 Å². The molecule has 1 aromatic rings. The average molecular weight is 315 g/mol. The Morgan fingerprint density at radius 3 is 2.55 bits per heavy atom. The van der Waals surface area contributed by atoms with Crippen molar-refractivity contribution in [1.29, 1.82) is 0 Å². The van der Waals surface area contributed by atoms with E-state index in [1.165, 1.54) is 0 Å². The van der Waals surface area contributed by atoms with E-state index in [1.807, 2.05) is 19.2 Å². The van der Waals surface area contributed by atoms with E-state index in [4.69, 9.17) is 23.2 Å². The third-order valence-corrected chi connectivity index (χ3v) is 4.74. The molecule has 1 saturated carbocycles. The predicted octanol–water partition coefficient (Wildman–Crippen LogP) is 3.14. The number of benzene rings is 1. The SMILES string of the molecule is CNCCCNC(=O)C1(c2ccc(Cl)c(Cl)c2)CCC1. The van der Waals surface area contributed by atoms with Gasteiger partial charge in [-0.15, -0.1) is 0 Å². The lowest BCUT2D eigenvalue weighted by molar-refractivity contribution is -0.129. The third kappa shape index (κ3) is 3.11. The molecule has 0 spiro atoms. The van der Waals surface area contributed by atoms with Crippen LogP contribution in [0.15, 0.2) is 18.2 Å². The van der Waals surface area contributed by atoms with Crippen molar-refractivity contribution in [2.45, 2.75) is 31.1 Å². The number of carbonyl (C=O) groups is 1. The van der Waals surface area contributed by atoms with E-state index in [0.29, 0.717) is 16.6 Å². The molecule has 0 unspecified atom stereocenters. The molecule has 0 aliphatic heterocycles. The number of halogens is 2. The van der Waals surface area contributed by atoms with E-state index in [1.54, 1.807) is 6.07 Å². The third-order valence-electron chi connectivity index (χ3n) is 4.00. The minimum Gasteiger partial charge on any atom is -0.355 e. The summed E-state index contributed by atoms with van der Waals surface area (Å²) in [6, 6.07) is 5.52. The Morgan fingerprint density at radius 1 is 1.25 bits per heavy atom. The Hall–Kier alpha value is -0.770. The summed E-state index contributed by atoms with van der Waals surface area (Å²) in [7, 11) is 1.91. The Morgan fingerprint density at radius 2 is 2.00 bits per heavy atom. The van der Waals surface area contributed by atoms with Gasteiger partial charge in [0.15, 0.2) is 0 Å². The van der Waals surface area contributed by atoms with Crippen molar-refractivity contribution in [1.82, 2.24) is 10.6 Å². The predicted molar refractivity (Wildman–Crippen MR) is 83.5 cm³/mol. The van der Waals surface area contributed by atoms with Crippen LogP contribution in [-0.4, -0.2) is 26.0 Å². The molecule has 0 saturated heterocycles. The molecule has 1 aliphatic carbocycles. The van der Waals surface area contributed by atoms with Gasteiger partial charge in [-0.25, -0.2) is 0 Å². The van der Waals surface area contributed by atoms with Gasteiger partial charge in [-0.1, -0.05) is 35.7 Å². The van der Waals surface area contributed by atoms with Crippen LogP contribution in [0.25, 0.3) is 0 Å². The molecule has 5 heteroatoms. The van der Waals surface area contributed by atoms with Gasteiger partial charge in [0.1, 0.15) is 0 Å². The standard InChI is InChI=1S/C15H20Cl2N2O/c1-18-8-3-9-19-14(20)15(6-2-7-15)11-4-5-12(16)13(17)10-11/h4-5,10,18H,2-3,6-9H2,1H3,(H,19,20). The summed E-state index contributed by atoms with van der Waals surface area (Å²) in [5.74, 6) is 0.109. The monoisotopic (exact) mass is 314 g/mol. The second kappa shape index (κ2) is 6.79.